The number of aryl methyl sites for hydroxylation is 1. The van der Waals surface area contributed by atoms with E-state index in [0.29, 0.717) is 0 Å². The van der Waals surface area contributed by atoms with Crippen LogP contribution in [-0.4, -0.2) is 29.0 Å². The van der Waals surface area contributed by atoms with Crippen LogP contribution in [0.4, 0.5) is 5.13 Å². The van der Waals surface area contributed by atoms with E-state index in [1.807, 2.05) is 0 Å². The summed E-state index contributed by atoms with van der Waals surface area (Å²) in [5.74, 6) is 0.927. The van der Waals surface area contributed by atoms with Crippen molar-refractivity contribution in [2.45, 2.75) is 20.3 Å². The number of anilines is 1. The Bertz CT molecular complexity index is 236. The van der Waals surface area contributed by atoms with Gasteiger partial charge >= 0.3 is 0 Å². The second kappa shape index (κ2) is 5.88. The third kappa shape index (κ3) is 3.69. The van der Waals surface area contributed by atoms with E-state index in [9.17, 15) is 0 Å². The van der Waals surface area contributed by atoms with E-state index >= 15 is 0 Å². The van der Waals surface area contributed by atoms with Crippen LogP contribution >= 0.6 is 11.5 Å². The molecule has 0 spiro atoms. The van der Waals surface area contributed by atoms with Gasteiger partial charge in [0.15, 0.2) is 0 Å². The molecule has 0 radical (unpaired) electrons. The minimum absolute atomic E-state index is 0.908. The molecule has 1 rings (SSSR count). The number of likely N-dealkylation sites (N-methyl/N-ethyl adjacent to an activating group) is 1. The van der Waals surface area contributed by atoms with Crippen LogP contribution in [0.2, 0.25) is 0 Å². The summed E-state index contributed by atoms with van der Waals surface area (Å²) in [7, 11) is 0. The maximum absolute atomic E-state index is 4.29. The molecule has 0 aliphatic rings. The standard InChI is InChI=1S/C8H16N4S/c1-3-7-11-8(13-12-7)10-6-5-9-4-2/h9H,3-6H2,1-2H3,(H,10,11,12). The lowest BCUT2D eigenvalue weighted by atomic mass is 10.5. The lowest BCUT2D eigenvalue weighted by Gasteiger charge is -2.01. The number of nitrogens with zero attached hydrogens (tertiary/aromatic N) is 2. The molecule has 1 heterocycles. The molecule has 0 fully saturated rings. The molecule has 0 unspecified atom stereocenters. The third-order valence-corrected chi connectivity index (χ3v) is 2.32. The Morgan fingerprint density at radius 2 is 2.15 bits per heavy atom. The summed E-state index contributed by atoms with van der Waals surface area (Å²) in [4.78, 5) is 4.29. The molecule has 1 aromatic heterocycles. The van der Waals surface area contributed by atoms with E-state index in [-0.39, 0.29) is 0 Å². The summed E-state index contributed by atoms with van der Waals surface area (Å²) in [6.45, 7) is 7.05. The van der Waals surface area contributed by atoms with Crippen molar-refractivity contribution in [2.75, 3.05) is 25.0 Å². The van der Waals surface area contributed by atoms with Crippen molar-refractivity contribution in [1.29, 1.82) is 0 Å². The van der Waals surface area contributed by atoms with E-state index in [1.165, 1.54) is 11.5 Å². The molecule has 0 atom stereocenters. The zero-order valence-corrected chi connectivity index (χ0v) is 8.95. The van der Waals surface area contributed by atoms with Crippen LogP contribution in [0.5, 0.6) is 0 Å². The Hall–Kier alpha value is -0.680. The van der Waals surface area contributed by atoms with Gasteiger partial charge < -0.3 is 10.6 Å². The molecule has 0 amide bonds. The van der Waals surface area contributed by atoms with Gasteiger partial charge in [0, 0.05) is 31.0 Å². The highest BCUT2D eigenvalue weighted by Gasteiger charge is 1.99. The van der Waals surface area contributed by atoms with Gasteiger partial charge in [-0.15, -0.1) is 0 Å². The van der Waals surface area contributed by atoms with Crippen molar-refractivity contribution >= 4 is 16.7 Å². The highest BCUT2D eigenvalue weighted by Crippen LogP contribution is 2.09. The zero-order valence-electron chi connectivity index (χ0n) is 8.13. The number of hydrogen-bond acceptors (Lipinski definition) is 5. The van der Waals surface area contributed by atoms with E-state index in [0.717, 1.165) is 37.0 Å². The Morgan fingerprint density at radius 1 is 1.31 bits per heavy atom. The molecule has 0 saturated carbocycles. The van der Waals surface area contributed by atoms with Crippen molar-refractivity contribution in [2.24, 2.45) is 0 Å². The molecule has 0 aromatic carbocycles. The molecule has 2 N–H and O–H groups in total. The monoisotopic (exact) mass is 200 g/mol. The van der Waals surface area contributed by atoms with Crippen LogP contribution in [0.25, 0.3) is 0 Å². The average Bonchev–Trinajstić information content (AvgIpc) is 2.60. The average molecular weight is 200 g/mol. The molecule has 0 aliphatic heterocycles. The van der Waals surface area contributed by atoms with Gasteiger partial charge in [0.25, 0.3) is 0 Å². The largest absolute Gasteiger partial charge is 0.359 e. The fourth-order valence-electron chi connectivity index (χ4n) is 0.904. The first-order valence-corrected chi connectivity index (χ1v) is 5.41. The lowest BCUT2D eigenvalue weighted by molar-refractivity contribution is 0.738. The number of hydrogen-bond donors (Lipinski definition) is 2. The molecule has 1 aromatic rings. The van der Waals surface area contributed by atoms with Gasteiger partial charge in [0.2, 0.25) is 5.13 Å². The van der Waals surface area contributed by atoms with Crippen LogP contribution in [0.1, 0.15) is 19.7 Å². The highest BCUT2D eigenvalue weighted by molar-refractivity contribution is 7.09. The minimum Gasteiger partial charge on any atom is -0.359 e. The topological polar surface area (TPSA) is 49.8 Å². The van der Waals surface area contributed by atoms with Crippen molar-refractivity contribution in [3.63, 3.8) is 0 Å². The molecule has 13 heavy (non-hydrogen) atoms. The van der Waals surface area contributed by atoms with Crippen LogP contribution in [0, 0.1) is 0 Å². The van der Waals surface area contributed by atoms with Crippen molar-refractivity contribution in [3.05, 3.63) is 5.82 Å². The predicted octanol–water partition coefficient (Wildman–Crippen LogP) is 1.12. The molecule has 0 bridgehead atoms. The summed E-state index contributed by atoms with van der Waals surface area (Å²) in [5.41, 5.74) is 0. The molecular formula is C8H16N4S. The Kier molecular flexibility index (Phi) is 4.70. The second-order valence-electron chi connectivity index (χ2n) is 2.65. The SMILES string of the molecule is CCNCCNc1nc(CC)ns1. The van der Waals surface area contributed by atoms with Gasteiger partial charge in [-0.3, -0.25) is 0 Å². The van der Waals surface area contributed by atoms with Crippen LogP contribution in [0.15, 0.2) is 0 Å². The fraction of sp³-hybridized carbons (Fsp3) is 0.750. The van der Waals surface area contributed by atoms with E-state index in [2.05, 4.69) is 33.8 Å². The minimum atomic E-state index is 0.908. The Morgan fingerprint density at radius 3 is 2.77 bits per heavy atom. The van der Waals surface area contributed by atoms with Crippen molar-refractivity contribution < 1.29 is 0 Å². The molecule has 0 aliphatic carbocycles. The molecule has 0 saturated heterocycles. The molecule has 5 heteroatoms. The van der Waals surface area contributed by atoms with Crippen LogP contribution in [0.3, 0.4) is 0 Å². The van der Waals surface area contributed by atoms with Gasteiger partial charge in [-0.25, -0.2) is 4.98 Å². The summed E-state index contributed by atoms with van der Waals surface area (Å²) < 4.78 is 4.18. The second-order valence-corrected chi connectivity index (χ2v) is 3.40. The predicted molar refractivity (Wildman–Crippen MR) is 56.3 cm³/mol. The highest BCUT2D eigenvalue weighted by atomic mass is 32.1. The number of rotatable bonds is 6. The fourth-order valence-corrected chi connectivity index (χ4v) is 1.58. The third-order valence-electron chi connectivity index (χ3n) is 1.61. The van der Waals surface area contributed by atoms with Gasteiger partial charge in [-0.2, -0.15) is 4.37 Å². The number of nitrogens with one attached hydrogen (secondary N) is 2. The normalized spacial score (nSPS) is 10.3. The first-order valence-electron chi connectivity index (χ1n) is 4.64. The smallest absolute Gasteiger partial charge is 0.202 e. The van der Waals surface area contributed by atoms with E-state index in [4.69, 9.17) is 0 Å². The first-order chi connectivity index (χ1) is 6.36. The van der Waals surface area contributed by atoms with Crippen LogP contribution < -0.4 is 10.6 Å². The van der Waals surface area contributed by atoms with E-state index < -0.39 is 0 Å². The van der Waals surface area contributed by atoms with Crippen molar-refractivity contribution in [1.82, 2.24) is 14.7 Å². The first kappa shape index (κ1) is 10.4. The van der Waals surface area contributed by atoms with Crippen LogP contribution in [-0.2, 0) is 6.42 Å². The summed E-state index contributed by atoms with van der Waals surface area (Å²) in [6, 6.07) is 0. The van der Waals surface area contributed by atoms with Gasteiger partial charge in [0.1, 0.15) is 5.82 Å². The summed E-state index contributed by atoms with van der Waals surface area (Å²) >= 11 is 1.43. The zero-order chi connectivity index (χ0) is 9.52. The van der Waals surface area contributed by atoms with Gasteiger partial charge in [0.05, 0.1) is 0 Å². The van der Waals surface area contributed by atoms with Gasteiger partial charge in [-0.05, 0) is 6.54 Å². The lowest BCUT2D eigenvalue weighted by Crippen LogP contribution is -2.21. The van der Waals surface area contributed by atoms with Gasteiger partial charge in [-0.1, -0.05) is 13.8 Å². The van der Waals surface area contributed by atoms with Crippen molar-refractivity contribution in [3.8, 4) is 0 Å². The summed E-state index contributed by atoms with van der Waals surface area (Å²) in [6.07, 6.45) is 0.908. The molecular weight excluding hydrogens is 184 g/mol. The molecule has 4 nitrogen and oxygen atoms in total. The Labute approximate surface area is 82.9 Å². The maximum Gasteiger partial charge on any atom is 0.202 e. The van der Waals surface area contributed by atoms with E-state index in [1.54, 1.807) is 0 Å². The maximum atomic E-state index is 4.29. The molecule has 74 valence electrons. The number of aromatic nitrogens is 2. The quantitative estimate of drug-likeness (QED) is 0.676. The Balaban J connectivity index is 2.20. The summed E-state index contributed by atoms with van der Waals surface area (Å²) in [5, 5.41) is 7.38.